The predicted molar refractivity (Wildman–Crippen MR) is 76.7 cm³/mol. The summed E-state index contributed by atoms with van der Waals surface area (Å²) in [5, 5.41) is 18.1. The molecule has 6 nitrogen and oxygen atoms in total. The first kappa shape index (κ1) is 15.9. The van der Waals surface area contributed by atoms with Crippen LogP contribution in [0.4, 0.5) is 19.3 Å². The van der Waals surface area contributed by atoms with E-state index >= 15 is 0 Å². The highest BCUT2D eigenvalue weighted by Gasteiger charge is 2.14. The molecule has 0 aliphatic heterocycles. The molecule has 1 heterocycles. The summed E-state index contributed by atoms with van der Waals surface area (Å²) in [6.45, 7) is -0.797. The number of rotatable bonds is 6. The van der Waals surface area contributed by atoms with E-state index in [9.17, 15) is 18.7 Å². The average Bonchev–Trinajstić information content (AvgIpc) is 2.91. The Morgan fingerprint density at radius 3 is 2.68 bits per heavy atom. The number of hydrogen-bond acceptors (Lipinski definition) is 3. The molecular formula is C14H16F2N4O2. The Hall–Kier alpha value is -2.48. The van der Waals surface area contributed by atoms with Crippen LogP contribution >= 0.6 is 0 Å². The van der Waals surface area contributed by atoms with Gasteiger partial charge in [0.05, 0.1) is 24.5 Å². The number of aliphatic hydroxyl groups excluding tert-OH is 1. The van der Waals surface area contributed by atoms with Crippen LogP contribution in [0.2, 0.25) is 0 Å². The lowest BCUT2D eigenvalue weighted by Gasteiger charge is -2.16. The van der Waals surface area contributed by atoms with Gasteiger partial charge >= 0.3 is 6.03 Å². The van der Waals surface area contributed by atoms with E-state index in [-0.39, 0.29) is 6.61 Å². The molecule has 1 atom stereocenters. The lowest BCUT2D eigenvalue weighted by molar-refractivity contribution is 0.122. The van der Waals surface area contributed by atoms with E-state index < -0.39 is 25.0 Å². The van der Waals surface area contributed by atoms with Crippen molar-refractivity contribution in [3.8, 4) is 0 Å². The first-order valence-corrected chi connectivity index (χ1v) is 6.62. The number of aliphatic hydroxyl groups is 1. The molecular weight excluding hydrogens is 294 g/mol. The summed E-state index contributed by atoms with van der Waals surface area (Å²) >= 11 is 0. The minimum absolute atomic E-state index is 0.262. The molecule has 0 aliphatic carbocycles. The Morgan fingerprint density at radius 1 is 1.32 bits per heavy atom. The Labute approximate surface area is 125 Å². The van der Waals surface area contributed by atoms with Gasteiger partial charge in [-0.25, -0.2) is 13.6 Å². The third-order valence-electron chi connectivity index (χ3n) is 2.91. The van der Waals surface area contributed by atoms with Crippen LogP contribution < -0.4 is 10.6 Å². The Bertz CT molecular complexity index is 604. The standard InChI is InChI=1S/C14H16F2N4O2/c15-13(16)8-20-7-11(6-17-20)18-14(22)19-12(9-21)10-4-2-1-3-5-10/h1-7,12-13,21H,8-9H2,(H2,18,19,22)/t12-/m1/s1. The highest BCUT2D eigenvalue weighted by atomic mass is 19.3. The first-order valence-electron chi connectivity index (χ1n) is 6.62. The van der Waals surface area contributed by atoms with Gasteiger partial charge in [-0.1, -0.05) is 30.3 Å². The number of aromatic nitrogens is 2. The fourth-order valence-electron chi connectivity index (χ4n) is 1.91. The maximum atomic E-state index is 12.2. The maximum Gasteiger partial charge on any atom is 0.319 e. The summed E-state index contributed by atoms with van der Waals surface area (Å²) in [4.78, 5) is 11.9. The number of nitrogens with zero attached hydrogens (tertiary/aromatic N) is 2. The second kappa shape index (κ2) is 7.51. The fraction of sp³-hybridized carbons (Fsp3) is 0.286. The van der Waals surface area contributed by atoms with Gasteiger partial charge in [-0.05, 0) is 5.56 Å². The SMILES string of the molecule is O=C(Nc1cnn(CC(F)F)c1)N[C@H](CO)c1ccccc1. The maximum absolute atomic E-state index is 12.2. The van der Waals surface area contributed by atoms with Gasteiger partial charge in [-0.2, -0.15) is 5.10 Å². The Kier molecular flexibility index (Phi) is 5.42. The molecule has 0 aliphatic rings. The smallest absolute Gasteiger partial charge is 0.319 e. The topological polar surface area (TPSA) is 79.2 Å². The van der Waals surface area contributed by atoms with E-state index in [1.807, 2.05) is 6.07 Å². The molecule has 118 valence electrons. The molecule has 0 unspecified atom stereocenters. The van der Waals surface area contributed by atoms with Crippen molar-refractivity contribution in [2.75, 3.05) is 11.9 Å². The zero-order chi connectivity index (χ0) is 15.9. The average molecular weight is 310 g/mol. The number of amides is 2. The van der Waals surface area contributed by atoms with Gasteiger partial charge in [0.1, 0.15) is 6.54 Å². The molecule has 2 aromatic rings. The summed E-state index contributed by atoms with van der Waals surface area (Å²) in [5.41, 5.74) is 1.05. The molecule has 0 saturated heterocycles. The van der Waals surface area contributed by atoms with E-state index in [0.29, 0.717) is 5.69 Å². The molecule has 1 aromatic carbocycles. The molecule has 0 bridgehead atoms. The highest BCUT2D eigenvalue weighted by Crippen LogP contribution is 2.12. The third-order valence-corrected chi connectivity index (χ3v) is 2.91. The number of halogens is 2. The van der Waals surface area contributed by atoms with Gasteiger partial charge in [-0.15, -0.1) is 0 Å². The van der Waals surface area contributed by atoms with Crippen molar-refractivity contribution >= 4 is 11.7 Å². The zero-order valence-electron chi connectivity index (χ0n) is 11.6. The van der Waals surface area contributed by atoms with E-state index in [0.717, 1.165) is 10.2 Å². The molecule has 0 saturated carbocycles. The zero-order valence-corrected chi connectivity index (χ0v) is 11.6. The number of hydrogen-bond donors (Lipinski definition) is 3. The number of benzene rings is 1. The van der Waals surface area contributed by atoms with E-state index in [1.165, 1.54) is 12.4 Å². The van der Waals surface area contributed by atoms with Crippen molar-refractivity contribution in [3.05, 3.63) is 48.3 Å². The van der Waals surface area contributed by atoms with Crippen molar-refractivity contribution in [2.24, 2.45) is 0 Å². The molecule has 3 N–H and O–H groups in total. The van der Waals surface area contributed by atoms with Crippen LogP contribution in [-0.2, 0) is 6.54 Å². The molecule has 1 aromatic heterocycles. The van der Waals surface area contributed by atoms with Crippen molar-refractivity contribution < 1.29 is 18.7 Å². The molecule has 2 amide bonds. The van der Waals surface area contributed by atoms with Crippen LogP contribution in [0.1, 0.15) is 11.6 Å². The van der Waals surface area contributed by atoms with E-state index in [1.54, 1.807) is 24.3 Å². The van der Waals surface area contributed by atoms with Crippen molar-refractivity contribution in [1.29, 1.82) is 0 Å². The molecule has 2 rings (SSSR count). The van der Waals surface area contributed by atoms with Gasteiger partial charge < -0.3 is 15.7 Å². The predicted octanol–water partition coefficient (Wildman–Crippen LogP) is 2.00. The van der Waals surface area contributed by atoms with Gasteiger partial charge in [-0.3, -0.25) is 4.68 Å². The van der Waals surface area contributed by atoms with Crippen molar-refractivity contribution in [1.82, 2.24) is 15.1 Å². The Balaban J connectivity index is 1.93. The van der Waals surface area contributed by atoms with Crippen molar-refractivity contribution in [3.63, 3.8) is 0 Å². The quantitative estimate of drug-likeness (QED) is 0.763. The third kappa shape index (κ3) is 4.52. The molecule has 0 fully saturated rings. The largest absolute Gasteiger partial charge is 0.394 e. The second-order valence-corrected chi connectivity index (χ2v) is 4.59. The number of carbonyl (C=O) groups is 1. The van der Waals surface area contributed by atoms with Crippen LogP contribution in [0.5, 0.6) is 0 Å². The van der Waals surface area contributed by atoms with Crippen LogP contribution in [-0.4, -0.2) is 34.0 Å². The molecule has 0 radical (unpaired) electrons. The van der Waals surface area contributed by atoms with Crippen LogP contribution in [0.3, 0.4) is 0 Å². The molecule has 0 spiro atoms. The van der Waals surface area contributed by atoms with Gasteiger partial charge in [0.15, 0.2) is 0 Å². The summed E-state index contributed by atoms with van der Waals surface area (Å²) in [7, 11) is 0. The normalized spacial score (nSPS) is 12.2. The number of urea groups is 1. The summed E-state index contributed by atoms with van der Waals surface area (Å²) in [6, 6.07) is 7.87. The molecule has 8 heteroatoms. The number of alkyl halides is 2. The summed E-state index contributed by atoms with van der Waals surface area (Å²) in [6.07, 6.45) is 0.0686. The molecule has 22 heavy (non-hydrogen) atoms. The van der Waals surface area contributed by atoms with E-state index in [4.69, 9.17) is 0 Å². The first-order chi connectivity index (χ1) is 10.6. The number of nitrogens with one attached hydrogen (secondary N) is 2. The monoisotopic (exact) mass is 310 g/mol. The van der Waals surface area contributed by atoms with Gasteiger partial charge in [0, 0.05) is 6.20 Å². The van der Waals surface area contributed by atoms with Crippen LogP contribution in [0.25, 0.3) is 0 Å². The number of anilines is 1. The van der Waals surface area contributed by atoms with Crippen LogP contribution in [0, 0.1) is 0 Å². The fourth-order valence-corrected chi connectivity index (χ4v) is 1.91. The van der Waals surface area contributed by atoms with Gasteiger partial charge in [0.25, 0.3) is 6.43 Å². The second-order valence-electron chi connectivity index (χ2n) is 4.59. The van der Waals surface area contributed by atoms with E-state index in [2.05, 4.69) is 15.7 Å². The minimum atomic E-state index is -2.52. The van der Waals surface area contributed by atoms with Crippen LogP contribution in [0.15, 0.2) is 42.7 Å². The number of carbonyl (C=O) groups excluding carboxylic acids is 1. The Morgan fingerprint density at radius 2 is 2.05 bits per heavy atom. The minimum Gasteiger partial charge on any atom is -0.394 e. The van der Waals surface area contributed by atoms with Crippen molar-refractivity contribution in [2.45, 2.75) is 19.0 Å². The summed E-state index contributed by atoms with van der Waals surface area (Å²) in [5.74, 6) is 0. The lowest BCUT2D eigenvalue weighted by Crippen LogP contribution is -2.34. The highest BCUT2D eigenvalue weighted by molar-refractivity contribution is 5.89. The summed E-state index contributed by atoms with van der Waals surface area (Å²) < 4.78 is 25.5. The van der Waals surface area contributed by atoms with Gasteiger partial charge in [0.2, 0.25) is 0 Å². The lowest BCUT2D eigenvalue weighted by atomic mass is 10.1.